The molecule has 1 aromatic rings. The zero-order valence-electron chi connectivity index (χ0n) is 12.3. The van der Waals surface area contributed by atoms with Crippen LogP contribution >= 0.6 is 0 Å². The Morgan fingerprint density at radius 2 is 1.95 bits per heavy atom. The van der Waals surface area contributed by atoms with Crippen molar-refractivity contribution in [1.29, 1.82) is 0 Å². The molecule has 0 radical (unpaired) electrons. The first-order valence-electron chi connectivity index (χ1n) is 6.64. The van der Waals surface area contributed by atoms with Gasteiger partial charge >= 0.3 is 0 Å². The Labute approximate surface area is 115 Å². The molecule has 0 heterocycles. The van der Waals surface area contributed by atoms with Crippen molar-refractivity contribution in [2.24, 2.45) is 0 Å². The number of benzene rings is 1. The number of hydrogen-bond acceptors (Lipinski definition) is 4. The quantitative estimate of drug-likeness (QED) is 0.648. The Hall–Kier alpha value is -1.10. The summed E-state index contributed by atoms with van der Waals surface area (Å²) in [6.45, 7) is 7.19. The molecule has 108 valence electrons. The highest BCUT2D eigenvalue weighted by atomic mass is 16.5. The van der Waals surface area contributed by atoms with E-state index in [2.05, 4.69) is 32.2 Å². The first kappa shape index (κ1) is 16.0. The summed E-state index contributed by atoms with van der Waals surface area (Å²) in [5, 5.41) is 21.1. The van der Waals surface area contributed by atoms with Gasteiger partial charge in [-0.05, 0) is 56.0 Å². The Balaban J connectivity index is 2.70. The molecule has 1 rings (SSSR count). The van der Waals surface area contributed by atoms with Gasteiger partial charge in [-0.2, -0.15) is 0 Å². The molecular weight excluding hydrogens is 242 g/mol. The Bertz CT molecular complexity index is 418. The van der Waals surface area contributed by atoms with Crippen LogP contribution in [0.1, 0.15) is 22.3 Å². The van der Waals surface area contributed by atoms with Crippen LogP contribution in [0, 0.1) is 20.8 Å². The molecule has 3 N–H and O–H groups in total. The normalized spacial score (nSPS) is 12.5. The predicted octanol–water partition coefficient (Wildman–Crippen LogP) is 1.11. The Kier molecular flexibility index (Phi) is 6.28. The van der Waals surface area contributed by atoms with Gasteiger partial charge in [0.1, 0.15) is 5.75 Å². The first-order chi connectivity index (χ1) is 9.01. The summed E-state index contributed by atoms with van der Waals surface area (Å²) < 4.78 is 5.52. The molecule has 19 heavy (non-hydrogen) atoms. The molecule has 0 spiro atoms. The lowest BCUT2D eigenvalue weighted by atomic mass is 9.97. The molecule has 0 aliphatic heterocycles. The van der Waals surface area contributed by atoms with E-state index in [9.17, 15) is 5.11 Å². The molecule has 0 saturated carbocycles. The zero-order chi connectivity index (χ0) is 14.4. The molecule has 4 nitrogen and oxygen atoms in total. The second-order valence-electron chi connectivity index (χ2n) is 4.94. The molecule has 0 saturated heterocycles. The number of aryl methyl sites for hydroxylation is 2. The lowest BCUT2D eigenvalue weighted by molar-refractivity contribution is 0.0947. The van der Waals surface area contributed by atoms with Crippen molar-refractivity contribution in [1.82, 2.24) is 5.32 Å². The van der Waals surface area contributed by atoms with Crippen LogP contribution in [0.4, 0.5) is 0 Å². The van der Waals surface area contributed by atoms with E-state index >= 15 is 0 Å². The summed E-state index contributed by atoms with van der Waals surface area (Å²) in [5.41, 5.74) is 4.85. The molecule has 0 aliphatic carbocycles. The molecule has 1 aromatic carbocycles. The SMILES string of the molecule is COc1c(C)c(C)cc(C)c1CCNCC(O)CO. The van der Waals surface area contributed by atoms with Crippen molar-refractivity contribution in [3.63, 3.8) is 0 Å². The minimum Gasteiger partial charge on any atom is -0.496 e. The molecule has 4 heteroatoms. The van der Waals surface area contributed by atoms with Gasteiger partial charge in [0.05, 0.1) is 19.8 Å². The number of ether oxygens (including phenoxy) is 1. The average Bonchev–Trinajstić information content (AvgIpc) is 2.39. The van der Waals surface area contributed by atoms with E-state index in [0.717, 1.165) is 18.7 Å². The third kappa shape index (κ3) is 4.20. The molecule has 1 atom stereocenters. The van der Waals surface area contributed by atoms with Crippen molar-refractivity contribution < 1.29 is 14.9 Å². The van der Waals surface area contributed by atoms with Gasteiger partial charge < -0.3 is 20.3 Å². The van der Waals surface area contributed by atoms with Crippen LogP contribution in [0.3, 0.4) is 0 Å². The van der Waals surface area contributed by atoms with Gasteiger partial charge in [-0.15, -0.1) is 0 Å². The predicted molar refractivity (Wildman–Crippen MR) is 76.9 cm³/mol. The monoisotopic (exact) mass is 267 g/mol. The van der Waals surface area contributed by atoms with Gasteiger partial charge in [0, 0.05) is 6.54 Å². The van der Waals surface area contributed by atoms with Crippen molar-refractivity contribution in [3.05, 3.63) is 28.3 Å². The van der Waals surface area contributed by atoms with E-state index < -0.39 is 6.10 Å². The summed E-state index contributed by atoms with van der Waals surface area (Å²) in [5.74, 6) is 0.960. The van der Waals surface area contributed by atoms with Crippen molar-refractivity contribution >= 4 is 0 Å². The van der Waals surface area contributed by atoms with Gasteiger partial charge in [-0.25, -0.2) is 0 Å². The maximum Gasteiger partial charge on any atom is 0.125 e. The van der Waals surface area contributed by atoms with E-state index in [1.807, 2.05) is 0 Å². The topological polar surface area (TPSA) is 61.7 Å². The standard InChI is InChI=1S/C15H25NO3/c1-10-7-11(2)14(15(19-4)12(10)3)5-6-16-8-13(18)9-17/h7,13,16-18H,5-6,8-9H2,1-4H3. The van der Waals surface area contributed by atoms with Crippen LogP contribution in [-0.4, -0.2) is 43.1 Å². The first-order valence-corrected chi connectivity index (χ1v) is 6.64. The minimum absolute atomic E-state index is 0.209. The molecule has 0 bridgehead atoms. The summed E-state index contributed by atoms with van der Waals surface area (Å²) in [6.07, 6.45) is 0.150. The number of aliphatic hydroxyl groups is 2. The van der Waals surface area contributed by atoms with Gasteiger partial charge in [-0.3, -0.25) is 0 Å². The summed E-state index contributed by atoms with van der Waals surface area (Å²) >= 11 is 0. The molecule has 0 amide bonds. The van der Waals surface area contributed by atoms with Crippen molar-refractivity contribution in [3.8, 4) is 5.75 Å². The van der Waals surface area contributed by atoms with E-state index in [1.54, 1.807) is 7.11 Å². The summed E-state index contributed by atoms with van der Waals surface area (Å²) in [6, 6.07) is 2.18. The van der Waals surface area contributed by atoms with Crippen LogP contribution in [0.2, 0.25) is 0 Å². The Morgan fingerprint density at radius 3 is 2.53 bits per heavy atom. The van der Waals surface area contributed by atoms with Gasteiger partial charge in [0.15, 0.2) is 0 Å². The highest BCUT2D eigenvalue weighted by Gasteiger charge is 2.12. The van der Waals surface area contributed by atoms with Crippen molar-refractivity contribution in [2.75, 3.05) is 26.8 Å². The fourth-order valence-electron chi connectivity index (χ4n) is 2.24. The second-order valence-corrected chi connectivity index (χ2v) is 4.94. The number of methoxy groups -OCH3 is 1. The van der Waals surface area contributed by atoms with Crippen LogP contribution in [0.25, 0.3) is 0 Å². The zero-order valence-corrected chi connectivity index (χ0v) is 12.3. The number of aliphatic hydroxyl groups excluding tert-OH is 2. The molecule has 0 aromatic heterocycles. The number of nitrogens with one attached hydrogen (secondary N) is 1. The minimum atomic E-state index is -0.692. The van der Waals surface area contributed by atoms with Crippen LogP contribution < -0.4 is 10.1 Å². The third-order valence-electron chi connectivity index (χ3n) is 3.46. The second kappa shape index (κ2) is 7.48. The van der Waals surface area contributed by atoms with Crippen LogP contribution in [0.5, 0.6) is 5.75 Å². The summed E-state index contributed by atoms with van der Waals surface area (Å²) in [7, 11) is 1.70. The van der Waals surface area contributed by atoms with Gasteiger partial charge in [-0.1, -0.05) is 6.07 Å². The lowest BCUT2D eigenvalue weighted by Crippen LogP contribution is -2.30. The van der Waals surface area contributed by atoms with E-state index in [0.29, 0.717) is 6.54 Å². The van der Waals surface area contributed by atoms with Gasteiger partial charge in [0.2, 0.25) is 0 Å². The number of rotatable bonds is 7. The smallest absolute Gasteiger partial charge is 0.125 e. The van der Waals surface area contributed by atoms with Crippen molar-refractivity contribution in [2.45, 2.75) is 33.3 Å². The highest BCUT2D eigenvalue weighted by molar-refractivity contribution is 5.49. The van der Waals surface area contributed by atoms with Crippen LogP contribution in [-0.2, 0) is 6.42 Å². The molecule has 0 fully saturated rings. The fourth-order valence-corrected chi connectivity index (χ4v) is 2.24. The maximum absolute atomic E-state index is 9.25. The van der Waals surface area contributed by atoms with Crippen LogP contribution in [0.15, 0.2) is 6.07 Å². The average molecular weight is 267 g/mol. The lowest BCUT2D eigenvalue weighted by Gasteiger charge is -2.17. The molecule has 0 aliphatic rings. The van der Waals surface area contributed by atoms with E-state index in [-0.39, 0.29) is 6.61 Å². The number of hydrogen-bond donors (Lipinski definition) is 3. The highest BCUT2D eigenvalue weighted by Crippen LogP contribution is 2.29. The van der Waals surface area contributed by atoms with E-state index in [4.69, 9.17) is 9.84 Å². The summed E-state index contributed by atoms with van der Waals surface area (Å²) in [4.78, 5) is 0. The largest absolute Gasteiger partial charge is 0.496 e. The maximum atomic E-state index is 9.25. The van der Waals surface area contributed by atoms with Gasteiger partial charge in [0.25, 0.3) is 0 Å². The molecule has 1 unspecified atom stereocenters. The van der Waals surface area contributed by atoms with E-state index in [1.165, 1.54) is 22.3 Å². The Morgan fingerprint density at radius 1 is 1.26 bits per heavy atom. The fraction of sp³-hybridized carbons (Fsp3) is 0.600. The third-order valence-corrected chi connectivity index (χ3v) is 3.46. The molecular formula is C15H25NO3.